The number of ketones is 1. The van der Waals surface area contributed by atoms with Crippen molar-refractivity contribution in [3.63, 3.8) is 0 Å². The number of hydroxylamine groups is 1. The smallest absolute Gasteiger partial charge is 0.332 e. The van der Waals surface area contributed by atoms with Gasteiger partial charge in [0.15, 0.2) is 11.3 Å². The van der Waals surface area contributed by atoms with E-state index in [1.165, 1.54) is 0 Å². The fraction of sp³-hybridized carbons (Fsp3) is 0.400. The van der Waals surface area contributed by atoms with Crippen molar-refractivity contribution < 1.29 is 19.5 Å². The second kappa shape index (κ2) is 7.05. The number of carboxylic acids is 1. The Hall–Kier alpha value is -2.33. The number of rotatable bonds is 7. The average Bonchev–Trinajstić information content (AvgIpc) is 3.02. The highest BCUT2D eigenvalue weighted by atomic mass is 16.7. The van der Waals surface area contributed by atoms with Crippen LogP contribution < -0.4 is 22.7 Å². The van der Waals surface area contributed by atoms with Gasteiger partial charge >= 0.3 is 5.97 Å². The molecule has 0 amide bonds. The van der Waals surface area contributed by atoms with Crippen LogP contribution in [0, 0.1) is 5.41 Å². The van der Waals surface area contributed by atoms with Gasteiger partial charge in [-0.15, -0.1) is 0 Å². The Morgan fingerprint density at radius 1 is 1.38 bits per heavy atom. The number of nitrogens with one attached hydrogen (secondary N) is 2. The summed E-state index contributed by atoms with van der Waals surface area (Å²) >= 11 is 0. The van der Waals surface area contributed by atoms with Crippen LogP contribution in [-0.2, 0) is 14.4 Å². The summed E-state index contributed by atoms with van der Waals surface area (Å²) in [4.78, 5) is 28.6. The second-order valence-electron chi connectivity index (χ2n) is 5.79. The van der Waals surface area contributed by atoms with Gasteiger partial charge in [0, 0.05) is 18.5 Å². The van der Waals surface area contributed by atoms with Crippen molar-refractivity contribution in [1.82, 2.24) is 5.48 Å². The number of carbonyl (C=O) groups excluding carboxylic acids is 1. The van der Waals surface area contributed by atoms with Gasteiger partial charge in [0.2, 0.25) is 0 Å². The zero-order valence-electron chi connectivity index (χ0n) is 13.0. The number of nitrogens with two attached hydrogens (primary N) is 3. The van der Waals surface area contributed by atoms with Crippen LogP contribution in [0.15, 0.2) is 24.3 Å². The third kappa shape index (κ3) is 3.60. The standard InChI is InChI=1S/C15H21N5O4/c16-7-15(19,14(22)23)12(21)6-10-5-11(20-24-10)8-1-3-9(4-2-8)13(17)18/h1-4,10-11,20H,5-7,16,19H2,(H3,17,18)(H,22,23)/t10-,11?,15+/m1/s1. The van der Waals surface area contributed by atoms with Gasteiger partial charge in [-0.2, -0.15) is 5.48 Å². The first-order valence-corrected chi connectivity index (χ1v) is 7.39. The van der Waals surface area contributed by atoms with E-state index in [2.05, 4.69) is 5.48 Å². The molecule has 0 radical (unpaired) electrons. The molecule has 1 aromatic rings. The van der Waals surface area contributed by atoms with E-state index in [9.17, 15) is 9.59 Å². The highest BCUT2D eigenvalue weighted by molar-refractivity contribution is 6.08. The molecule has 9 nitrogen and oxygen atoms in total. The van der Waals surface area contributed by atoms with Gasteiger partial charge in [-0.1, -0.05) is 24.3 Å². The van der Waals surface area contributed by atoms with E-state index in [0.29, 0.717) is 12.0 Å². The van der Waals surface area contributed by atoms with Crippen LogP contribution in [0.25, 0.3) is 0 Å². The molecular weight excluding hydrogens is 314 g/mol. The highest BCUT2D eigenvalue weighted by Crippen LogP contribution is 2.28. The lowest BCUT2D eigenvalue weighted by Crippen LogP contribution is -2.60. The lowest BCUT2D eigenvalue weighted by atomic mass is 9.90. The van der Waals surface area contributed by atoms with Gasteiger partial charge in [-0.3, -0.25) is 15.0 Å². The second-order valence-corrected chi connectivity index (χ2v) is 5.79. The number of carbonyl (C=O) groups is 2. The summed E-state index contributed by atoms with van der Waals surface area (Å²) in [5.41, 5.74) is 18.6. The molecular formula is C15H21N5O4. The van der Waals surface area contributed by atoms with Crippen LogP contribution in [0.1, 0.15) is 30.0 Å². The van der Waals surface area contributed by atoms with Crippen molar-refractivity contribution in [1.29, 1.82) is 5.41 Å². The van der Waals surface area contributed by atoms with Gasteiger partial charge in [0.05, 0.1) is 12.1 Å². The summed E-state index contributed by atoms with van der Waals surface area (Å²) in [5, 5.41) is 16.4. The van der Waals surface area contributed by atoms with Crippen LogP contribution in [-0.4, -0.2) is 40.9 Å². The number of hydrogen-bond donors (Lipinski definition) is 6. The van der Waals surface area contributed by atoms with Gasteiger partial charge < -0.3 is 22.3 Å². The minimum absolute atomic E-state index is 0.0182. The van der Waals surface area contributed by atoms with E-state index in [-0.39, 0.29) is 18.3 Å². The number of aliphatic carboxylic acids is 1. The molecule has 1 aliphatic rings. The topological polar surface area (TPSA) is 178 Å². The van der Waals surface area contributed by atoms with Crippen LogP contribution in [0.2, 0.25) is 0 Å². The van der Waals surface area contributed by atoms with Crippen LogP contribution in [0.3, 0.4) is 0 Å². The third-order valence-electron chi connectivity index (χ3n) is 4.11. The quantitative estimate of drug-likeness (QED) is 0.209. The molecule has 130 valence electrons. The minimum Gasteiger partial charge on any atom is -0.479 e. The molecule has 1 aromatic carbocycles. The minimum atomic E-state index is -2.09. The number of benzene rings is 1. The Kier molecular flexibility index (Phi) is 5.30. The number of nitrogen functional groups attached to an aromatic ring is 1. The van der Waals surface area contributed by atoms with Crippen molar-refractivity contribution in [2.24, 2.45) is 17.2 Å². The Morgan fingerprint density at radius 2 is 2.00 bits per heavy atom. The molecule has 9 heteroatoms. The Labute approximate surface area is 138 Å². The predicted octanol–water partition coefficient (Wildman–Crippen LogP) is -0.995. The summed E-state index contributed by atoms with van der Waals surface area (Å²) < 4.78 is 0. The van der Waals surface area contributed by atoms with E-state index in [1.54, 1.807) is 12.1 Å². The van der Waals surface area contributed by atoms with E-state index < -0.39 is 29.9 Å². The van der Waals surface area contributed by atoms with Gasteiger partial charge in [0.1, 0.15) is 5.84 Å². The first kappa shape index (κ1) is 18.0. The molecule has 0 bridgehead atoms. The number of Topliss-reactive ketones (excluding diaryl/α,β-unsaturated/α-hetero) is 1. The fourth-order valence-corrected chi connectivity index (χ4v) is 2.47. The molecule has 0 aliphatic carbocycles. The molecule has 3 atom stereocenters. The van der Waals surface area contributed by atoms with E-state index in [1.807, 2.05) is 12.1 Å². The van der Waals surface area contributed by atoms with E-state index in [0.717, 1.165) is 5.56 Å². The third-order valence-corrected chi connectivity index (χ3v) is 4.11. The van der Waals surface area contributed by atoms with E-state index >= 15 is 0 Å². The molecule has 0 saturated carbocycles. The number of hydrogen-bond acceptors (Lipinski definition) is 7. The molecule has 0 spiro atoms. The molecule has 24 heavy (non-hydrogen) atoms. The SMILES string of the molecule is N=C(N)c1ccc(C2C[C@H](CC(=O)[C@@](N)(CN)C(=O)O)ON2)cc1. The maximum absolute atomic E-state index is 12.1. The van der Waals surface area contributed by atoms with Crippen molar-refractivity contribution in [3.8, 4) is 0 Å². The zero-order chi connectivity index (χ0) is 17.9. The summed E-state index contributed by atoms with van der Waals surface area (Å²) in [5.74, 6) is -2.13. The van der Waals surface area contributed by atoms with Crippen LogP contribution in [0.4, 0.5) is 0 Å². The van der Waals surface area contributed by atoms with Crippen molar-refractivity contribution >= 4 is 17.6 Å². The predicted molar refractivity (Wildman–Crippen MR) is 86.1 cm³/mol. The van der Waals surface area contributed by atoms with Crippen molar-refractivity contribution in [2.75, 3.05) is 6.54 Å². The highest BCUT2D eigenvalue weighted by Gasteiger charge is 2.42. The maximum atomic E-state index is 12.1. The van der Waals surface area contributed by atoms with Crippen LogP contribution >= 0.6 is 0 Å². The van der Waals surface area contributed by atoms with Crippen molar-refractivity contribution in [3.05, 3.63) is 35.4 Å². The van der Waals surface area contributed by atoms with Crippen molar-refractivity contribution in [2.45, 2.75) is 30.5 Å². The Bertz CT molecular complexity index is 648. The molecule has 1 saturated heterocycles. The average molecular weight is 335 g/mol. The molecule has 1 aliphatic heterocycles. The molecule has 0 aromatic heterocycles. The monoisotopic (exact) mass is 335 g/mol. The lowest BCUT2D eigenvalue weighted by Gasteiger charge is -2.22. The summed E-state index contributed by atoms with van der Waals surface area (Å²) in [6.07, 6.45) is -0.163. The Morgan fingerprint density at radius 3 is 2.50 bits per heavy atom. The fourth-order valence-electron chi connectivity index (χ4n) is 2.47. The largest absolute Gasteiger partial charge is 0.479 e. The molecule has 1 unspecified atom stereocenters. The van der Waals surface area contributed by atoms with Gasteiger partial charge in [0.25, 0.3) is 0 Å². The molecule has 1 heterocycles. The maximum Gasteiger partial charge on any atom is 0.332 e. The zero-order valence-corrected chi connectivity index (χ0v) is 13.0. The lowest BCUT2D eigenvalue weighted by molar-refractivity contribution is -0.148. The van der Waals surface area contributed by atoms with Gasteiger partial charge in [-0.05, 0) is 12.0 Å². The Balaban J connectivity index is 1.99. The molecule has 2 rings (SSSR count). The normalized spacial score (nSPS) is 22.8. The van der Waals surface area contributed by atoms with E-state index in [4.69, 9.17) is 32.6 Å². The number of amidine groups is 1. The summed E-state index contributed by atoms with van der Waals surface area (Å²) in [7, 11) is 0. The molecule has 9 N–H and O–H groups in total. The van der Waals surface area contributed by atoms with Gasteiger partial charge in [-0.25, -0.2) is 4.79 Å². The summed E-state index contributed by atoms with van der Waals surface area (Å²) in [6, 6.07) is 6.92. The first-order chi connectivity index (χ1) is 11.3. The number of carboxylic acid groups (broad SMARTS) is 1. The molecule has 1 fully saturated rings. The summed E-state index contributed by atoms with van der Waals surface area (Å²) in [6.45, 7) is -0.475. The first-order valence-electron chi connectivity index (χ1n) is 7.39. The van der Waals surface area contributed by atoms with Crippen LogP contribution in [0.5, 0.6) is 0 Å².